The second kappa shape index (κ2) is 8.84. The second-order valence-electron chi connectivity index (χ2n) is 5.95. The minimum Gasteiger partial charge on any atom is -0.457 e. The van der Waals surface area contributed by atoms with Crippen molar-refractivity contribution in [1.29, 1.82) is 0 Å². The molecule has 138 valence electrons. The molecular formula is C19H23N3O4. The van der Waals surface area contributed by atoms with Gasteiger partial charge in [-0.25, -0.2) is 4.79 Å². The number of nitrogens with one attached hydrogen (secondary N) is 2. The van der Waals surface area contributed by atoms with Crippen LogP contribution < -0.4 is 15.4 Å². The van der Waals surface area contributed by atoms with Gasteiger partial charge in [0.15, 0.2) is 0 Å². The number of rotatable bonds is 7. The van der Waals surface area contributed by atoms with Crippen LogP contribution in [0.2, 0.25) is 0 Å². The maximum atomic E-state index is 12.0. The first-order valence-electron chi connectivity index (χ1n) is 8.53. The average Bonchev–Trinajstić information content (AvgIpc) is 2.62. The predicted octanol–water partition coefficient (Wildman–Crippen LogP) is 5.01. The number of carbonyl (C=O) groups is 1. The summed E-state index contributed by atoms with van der Waals surface area (Å²) in [6.07, 6.45) is 1.76. The van der Waals surface area contributed by atoms with Gasteiger partial charge in [0.2, 0.25) is 0 Å². The van der Waals surface area contributed by atoms with Crippen molar-refractivity contribution in [3.8, 4) is 11.5 Å². The summed E-state index contributed by atoms with van der Waals surface area (Å²) in [6.45, 7) is 5.93. The number of hydrogen-bond acceptors (Lipinski definition) is 4. The molecule has 0 aliphatic carbocycles. The van der Waals surface area contributed by atoms with Gasteiger partial charge in [0.1, 0.15) is 11.5 Å². The van der Waals surface area contributed by atoms with Crippen LogP contribution in [0.1, 0.15) is 32.3 Å². The molecule has 2 aromatic carbocycles. The number of anilines is 1. The molecule has 0 radical (unpaired) electrons. The Morgan fingerprint density at radius 1 is 1.15 bits per heavy atom. The topological polar surface area (TPSA) is 93.5 Å². The summed E-state index contributed by atoms with van der Waals surface area (Å²) in [5.74, 6) is 1.12. The molecule has 0 aliphatic rings. The van der Waals surface area contributed by atoms with Gasteiger partial charge < -0.3 is 15.4 Å². The first-order valence-corrected chi connectivity index (χ1v) is 8.53. The molecule has 0 spiro atoms. The molecule has 2 rings (SSSR count). The Morgan fingerprint density at radius 3 is 2.35 bits per heavy atom. The Kier molecular flexibility index (Phi) is 6.54. The third kappa shape index (κ3) is 5.20. The fraction of sp³-hybridized carbons (Fsp3) is 0.316. The summed E-state index contributed by atoms with van der Waals surface area (Å²) in [5, 5.41) is 16.4. The van der Waals surface area contributed by atoms with Crippen molar-refractivity contribution < 1.29 is 14.5 Å². The zero-order valence-corrected chi connectivity index (χ0v) is 15.1. The molecule has 2 amide bonds. The smallest absolute Gasteiger partial charge is 0.319 e. The third-order valence-electron chi connectivity index (χ3n) is 4.03. The lowest BCUT2D eigenvalue weighted by Gasteiger charge is -2.16. The van der Waals surface area contributed by atoms with Crippen LogP contribution in [0.4, 0.5) is 16.2 Å². The molecule has 0 aliphatic heterocycles. The van der Waals surface area contributed by atoms with Gasteiger partial charge >= 0.3 is 6.03 Å². The van der Waals surface area contributed by atoms with Gasteiger partial charge in [-0.2, -0.15) is 0 Å². The number of nitro groups is 1. The molecular weight excluding hydrogens is 334 g/mol. The van der Waals surface area contributed by atoms with Crippen LogP contribution in [-0.2, 0) is 0 Å². The van der Waals surface area contributed by atoms with Crippen LogP contribution >= 0.6 is 0 Å². The number of amides is 2. The largest absolute Gasteiger partial charge is 0.457 e. The summed E-state index contributed by atoms with van der Waals surface area (Å²) in [7, 11) is 0. The van der Waals surface area contributed by atoms with E-state index in [-0.39, 0.29) is 17.8 Å². The predicted molar refractivity (Wildman–Crippen MR) is 101 cm³/mol. The minimum absolute atomic E-state index is 0.0112. The van der Waals surface area contributed by atoms with Crippen LogP contribution in [0, 0.1) is 17.0 Å². The molecule has 26 heavy (non-hydrogen) atoms. The van der Waals surface area contributed by atoms with Crippen molar-refractivity contribution >= 4 is 17.4 Å². The Hall–Kier alpha value is -3.09. The molecule has 0 bridgehead atoms. The van der Waals surface area contributed by atoms with E-state index in [1.807, 2.05) is 26.8 Å². The molecule has 7 nitrogen and oxygen atoms in total. The Bertz CT molecular complexity index is 771. The van der Waals surface area contributed by atoms with Crippen LogP contribution in [0.15, 0.2) is 42.5 Å². The fourth-order valence-corrected chi connectivity index (χ4v) is 2.45. The normalized spacial score (nSPS) is 10.5. The number of carbonyl (C=O) groups excluding carboxylic acids is 1. The highest BCUT2D eigenvalue weighted by Gasteiger charge is 2.10. The number of urea groups is 1. The van der Waals surface area contributed by atoms with Crippen LogP contribution in [0.25, 0.3) is 0 Å². The number of nitro benzene ring substituents is 1. The molecule has 2 aromatic rings. The van der Waals surface area contributed by atoms with E-state index in [2.05, 4.69) is 10.6 Å². The number of hydrogen-bond donors (Lipinski definition) is 2. The van der Waals surface area contributed by atoms with Crippen molar-refractivity contribution in [3.05, 3.63) is 58.1 Å². The van der Waals surface area contributed by atoms with Gasteiger partial charge in [-0.3, -0.25) is 10.1 Å². The molecule has 0 atom stereocenters. The van der Waals surface area contributed by atoms with Gasteiger partial charge in [-0.15, -0.1) is 0 Å². The van der Waals surface area contributed by atoms with E-state index in [0.29, 0.717) is 17.2 Å². The second-order valence-corrected chi connectivity index (χ2v) is 5.95. The quantitative estimate of drug-likeness (QED) is 0.538. The fourth-order valence-electron chi connectivity index (χ4n) is 2.45. The molecule has 0 aromatic heterocycles. The molecule has 7 heteroatoms. The Morgan fingerprint density at radius 2 is 1.81 bits per heavy atom. The van der Waals surface area contributed by atoms with E-state index in [4.69, 9.17) is 4.74 Å². The summed E-state index contributed by atoms with van der Waals surface area (Å²) < 4.78 is 5.75. The zero-order valence-electron chi connectivity index (χ0n) is 15.1. The summed E-state index contributed by atoms with van der Waals surface area (Å²) in [6, 6.07) is 11.1. The van der Waals surface area contributed by atoms with E-state index in [1.54, 1.807) is 24.3 Å². The number of benzene rings is 2. The van der Waals surface area contributed by atoms with Crippen LogP contribution in [0.3, 0.4) is 0 Å². The maximum Gasteiger partial charge on any atom is 0.319 e. The summed E-state index contributed by atoms with van der Waals surface area (Å²) in [5.41, 5.74) is 1.52. The third-order valence-corrected chi connectivity index (χ3v) is 4.03. The molecule has 0 saturated heterocycles. The summed E-state index contributed by atoms with van der Waals surface area (Å²) in [4.78, 5) is 22.2. The van der Waals surface area contributed by atoms with Crippen molar-refractivity contribution in [2.75, 3.05) is 5.32 Å². The van der Waals surface area contributed by atoms with E-state index >= 15 is 0 Å². The molecule has 2 N–H and O–H groups in total. The maximum absolute atomic E-state index is 12.0. The van der Waals surface area contributed by atoms with E-state index in [9.17, 15) is 14.9 Å². The number of non-ortho nitro benzene ring substituents is 1. The van der Waals surface area contributed by atoms with Crippen molar-refractivity contribution in [2.24, 2.45) is 0 Å². The van der Waals surface area contributed by atoms with E-state index in [1.165, 1.54) is 12.1 Å². The van der Waals surface area contributed by atoms with Crippen LogP contribution in [0.5, 0.6) is 11.5 Å². The lowest BCUT2D eigenvalue weighted by atomic mass is 10.2. The molecule has 0 unspecified atom stereocenters. The van der Waals surface area contributed by atoms with Gasteiger partial charge in [0, 0.05) is 23.9 Å². The highest BCUT2D eigenvalue weighted by Crippen LogP contribution is 2.28. The number of aryl methyl sites for hydroxylation is 1. The van der Waals surface area contributed by atoms with Crippen molar-refractivity contribution in [1.82, 2.24) is 5.32 Å². The zero-order chi connectivity index (χ0) is 19.1. The van der Waals surface area contributed by atoms with Gasteiger partial charge in [-0.1, -0.05) is 13.8 Å². The highest BCUT2D eigenvalue weighted by molar-refractivity contribution is 5.89. The van der Waals surface area contributed by atoms with Gasteiger partial charge in [0.05, 0.1) is 4.92 Å². The standard InChI is InChI=1S/C19H23N3O4/c1-4-14(5-2)20-19(23)21-15-6-11-18(13(3)12-15)26-17-9-7-16(8-10-17)22(24)25/h6-12,14H,4-5H2,1-3H3,(H2,20,21,23). The molecule has 0 saturated carbocycles. The lowest BCUT2D eigenvalue weighted by Crippen LogP contribution is -2.37. The summed E-state index contributed by atoms with van der Waals surface area (Å²) >= 11 is 0. The molecule has 0 heterocycles. The van der Waals surface area contributed by atoms with Crippen molar-refractivity contribution in [3.63, 3.8) is 0 Å². The van der Waals surface area contributed by atoms with Gasteiger partial charge in [0.25, 0.3) is 5.69 Å². The highest BCUT2D eigenvalue weighted by atomic mass is 16.6. The lowest BCUT2D eigenvalue weighted by molar-refractivity contribution is -0.384. The average molecular weight is 357 g/mol. The minimum atomic E-state index is -0.456. The van der Waals surface area contributed by atoms with Crippen molar-refractivity contribution in [2.45, 2.75) is 39.7 Å². The first kappa shape index (κ1) is 19.2. The van der Waals surface area contributed by atoms with E-state index < -0.39 is 4.92 Å². The number of nitrogens with zero attached hydrogens (tertiary/aromatic N) is 1. The Balaban J connectivity index is 2.02. The Labute approximate surface area is 152 Å². The monoisotopic (exact) mass is 357 g/mol. The molecule has 0 fully saturated rings. The van der Waals surface area contributed by atoms with Crippen LogP contribution in [-0.4, -0.2) is 17.0 Å². The SMILES string of the molecule is CCC(CC)NC(=O)Nc1ccc(Oc2ccc([N+](=O)[O-])cc2)c(C)c1. The van der Waals surface area contributed by atoms with Gasteiger partial charge in [-0.05, 0) is 55.7 Å². The first-order chi connectivity index (χ1) is 12.4. The van der Waals surface area contributed by atoms with E-state index in [0.717, 1.165) is 18.4 Å². The number of ether oxygens (including phenoxy) is 1.